The van der Waals surface area contributed by atoms with E-state index in [0.717, 1.165) is 12.3 Å². The monoisotopic (exact) mass is 248 g/mol. The van der Waals surface area contributed by atoms with E-state index in [1.165, 1.54) is 37.7 Å². The SMILES string of the molecule is CCC1CCCCC1Oc1cnccc1CNC. The molecule has 2 rings (SSSR count). The fourth-order valence-electron chi connectivity index (χ4n) is 2.81. The molecule has 1 N–H and O–H groups in total. The third-order valence-electron chi connectivity index (χ3n) is 3.88. The van der Waals surface area contributed by atoms with Gasteiger partial charge < -0.3 is 10.1 Å². The fraction of sp³-hybridized carbons (Fsp3) is 0.667. The zero-order chi connectivity index (χ0) is 12.8. The second-order valence-corrected chi connectivity index (χ2v) is 5.12. The number of ether oxygens (including phenoxy) is 1. The minimum atomic E-state index is 0.378. The number of nitrogens with zero attached hydrogens (tertiary/aromatic N) is 1. The molecule has 18 heavy (non-hydrogen) atoms. The lowest BCUT2D eigenvalue weighted by Gasteiger charge is -2.31. The van der Waals surface area contributed by atoms with Gasteiger partial charge in [-0.3, -0.25) is 4.98 Å². The molecule has 0 spiro atoms. The molecule has 1 aliphatic rings. The van der Waals surface area contributed by atoms with Crippen LogP contribution in [-0.2, 0) is 6.54 Å². The Kier molecular flexibility index (Phi) is 5.00. The van der Waals surface area contributed by atoms with Crippen molar-refractivity contribution in [3.8, 4) is 5.75 Å². The highest BCUT2D eigenvalue weighted by Crippen LogP contribution is 2.31. The topological polar surface area (TPSA) is 34.1 Å². The van der Waals surface area contributed by atoms with Gasteiger partial charge in [-0.25, -0.2) is 0 Å². The van der Waals surface area contributed by atoms with E-state index in [-0.39, 0.29) is 0 Å². The van der Waals surface area contributed by atoms with Gasteiger partial charge in [-0.2, -0.15) is 0 Å². The molecule has 100 valence electrons. The molecular weight excluding hydrogens is 224 g/mol. The van der Waals surface area contributed by atoms with Gasteiger partial charge in [0.15, 0.2) is 0 Å². The van der Waals surface area contributed by atoms with Crippen LogP contribution in [0.5, 0.6) is 5.75 Å². The predicted octanol–water partition coefficient (Wildman–Crippen LogP) is 3.15. The Balaban J connectivity index is 2.07. The van der Waals surface area contributed by atoms with Gasteiger partial charge >= 0.3 is 0 Å². The van der Waals surface area contributed by atoms with E-state index in [4.69, 9.17) is 4.74 Å². The maximum Gasteiger partial charge on any atom is 0.142 e. The van der Waals surface area contributed by atoms with Gasteiger partial charge in [0.25, 0.3) is 0 Å². The minimum absolute atomic E-state index is 0.378. The van der Waals surface area contributed by atoms with Crippen LogP contribution in [0.1, 0.15) is 44.6 Å². The van der Waals surface area contributed by atoms with Crippen LogP contribution < -0.4 is 10.1 Å². The molecule has 1 fully saturated rings. The summed E-state index contributed by atoms with van der Waals surface area (Å²) < 4.78 is 6.24. The van der Waals surface area contributed by atoms with Crippen molar-refractivity contribution in [3.63, 3.8) is 0 Å². The van der Waals surface area contributed by atoms with E-state index in [0.29, 0.717) is 12.0 Å². The number of aromatic nitrogens is 1. The molecular formula is C15H24N2O. The van der Waals surface area contributed by atoms with E-state index in [1.54, 1.807) is 0 Å². The zero-order valence-electron chi connectivity index (χ0n) is 11.5. The van der Waals surface area contributed by atoms with Crippen LogP contribution in [0.3, 0.4) is 0 Å². The van der Waals surface area contributed by atoms with Crippen molar-refractivity contribution in [2.45, 2.75) is 51.7 Å². The van der Waals surface area contributed by atoms with Gasteiger partial charge in [0, 0.05) is 18.3 Å². The summed E-state index contributed by atoms with van der Waals surface area (Å²) in [6.07, 6.45) is 10.4. The summed E-state index contributed by atoms with van der Waals surface area (Å²) in [5.74, 6) is 1.67. The first kappa shape index (κ1) is 13.3. The van der Waals surface area contributed by atoms with E-state index in [1.807, 2.05) is 25.5 Å². The molecule has 1 saturated carbocycles. The Labute approximate surface area is 110 Å². The molecule has 3 heteroatoms. The molecule has 1 aliphatic carbocycles. The first-order valence-electron chi connectivity index (χ1n) is 7.09. The van der Waals surface area contributed by atoms with Crippen molar-refractivity contribution in [2.24, 2.45) is 5.92 Å². The summed E-state index contributed by atoms with van der Waals surface area (Å²) >= 11 is 0. The molecule has 1 aromatic rings. The largest absolute Gasteiger partial charge is 0.488 e. The third kappa shape index (κ3) is 3.22. The molecule has 0 aromatic carbocycles. The molecule has 0 saturated heterocycles. The minimum Gasteiger partial charge on any atom is -0.488 e. The smallest absolute Gasteiger partial charge is 0.142 e. The standard InChI is InChI=1S/C15H24N2O/c1-3-12-6-4-5-7-14(12)18-15-11-17-9-8-13(15)10-16-2/h8-9,11-12,14,16H,3-7,10H2,1-2H3. The average Bonchev–Trinajstić information content (AvgIpc) is 2.42. The number of nitrogens with one attached hydrogen (secondary N) is 1. The lowest BCUT2D eigenvalue weighted by Crippen LogP contribution is -2.30. The predicted molar refractivity (Wildman–Crippen MR) is 73.7 cm³/mol. The van der Waals surface area contributed by atoms with Crippen molar-refractivity contribution in [3.05, 3.63) is 24.0 Å². The number of hydrogen-bond donors (Lipinski definition) is 1. The molecule has 0 aliphatic heterocycles. The first-order valence-corrected chi connectivity index (χ1v) is 7.09. The van der Waals surface area contributed by atoms with Gasteiger partial charge in [-0.15, -0.1) is 0 Å². The number of pyridine rings is 1. The Morgan fingerprint density at radius 1 is 1.39 bits per heavy atom. The van der Waals surface area contributed by atoms with Crippen LogP contribution in [0.25, 0.3) is 0 Å². The van der Waals surface area contributed by atoms with Crippen molar-refractivity contribution in [1.82, 2.24) is 10.3 Å². The normalized spacial score (nSPS) is 23.9. The van der Waals surface area contributed by atoms with Crippen LogP contribution in [0.4, 0.5) is 0 Å². The van der Waals surface area contributed by atoms with Crippen molar-refractivity contribution >= 4 is 0 Å². The van der Waals surface area contributed by atoms with Gasteiger partial charge in [-0.1, -0.05) is 13.3 Å². The summed E-state index contributed by atoms with van der Waals surface area (Å²) in [6, 6.07) is 2.04. The van der Waals surface area contributed by atoms with Gasteiger partial charge in [0.2, 0.25) is 0 Å². The Morgan fingerprint density at radius 3 is 3.00 bits per heavy atom. The van der Waals surface area contributed by atoms with Crippen molar-refractivity contribution in [2.75, 3.05) is 7.05 Å². The Bertz CT molecular complexity index is 367. The maximum atomic E-state index is 6.24. The maximum absolute atomic E-state index is 6.24. The molecule has 2 atom stereocenters. The Hall–Kier alpha value is -1.09. The molecule has 0 bridgehead atoms. The molecule has 1 aromatic heterocycles. The van der Waals surface area contributed by atoms with Gasteiger partial charge in [0.1, 0.15) is 11.9 Å². The number of rotatable bonds is 5. The second-order valence-electron chi connectivity index (χ2n) is 5.12. The Morgan fingerprint density at radius 2 is 2.22 bits per heavy atom. The van der Waals surface area contributed by atoms with Crippen LogP contribution in [0.2, 0.25) is 0 Å². The average molecular weight is 248 g/mol. The van der Waals surface area contributed by atoms with Crippen LogP contribution in [0.15, 0.2) is 18.5 Å². The third-order valence-corrected chi connectivity index (χ3v) is 3.88. The summed E-state index contributed by atoms with van der Waals surface area (Å²) in [6.45, 7) is 3.10. The van der Waals surface area contributed by atoms with Crippen LogP contribution >= 0.6 is 0 Å². The van der Waals surface area contributed by atoms with E-state index < -0.39 is 0 Å². The highest BCUT2D eigenvalue weighted by atomic mass is 16.5. The summed E-state index contributed by atoms with van der Waals surface area (Å²) in [5.41, 5.74) is 1.20. The zero-order valence-corrected chi connectivity index (χ0v) is 11.5. The summed E-state index contributed by atoms with van der Waals surface area (Å²) in [7, 11) is 1.96. The highest BCUT2D eigenvalue weighted by molar-refractivity contribution is 5.30. The lowest BCUT2D eigenvalue weighted by molar-refractivity contribution is 0.0889. The first-order chi connectivity index (χ1) is 8.85. The number of hydrogen-bond acceptors (Lipinski definition) is 3. The van der Waals surface area contributed by atoms with Crippen molar-refractivity contribution in [1.29, 1.82) is 0 Å². The molecule has 3 nitrogen and oxygen atoms in total. The van der Waals surface area contributed by atoms with Crippen LogP contribution in [0, 0.1) is 5.92 Å². The lowest BCUT2D eigenvalue weighted by atomic mass is 9.85. The van der Waals surface area contributed by atoms with E-state index >= 15 is 0 Å². The van der Waals surface area contributed by atoms with E-state index in [2.05, 4.69) is 17.2 Å². The van der Waals surface area contributed by atoms with Crippen molar-refractivity contribution < 1.29 is 4.74 Å². The summed E-state index contributed by atoms with van der Waals surface area (Å²) in [5, 5.41) is 3.18. The molecule has 2 unspecified atom stereocenters. The summed E-state index contributed by atoms with van der Waals surface area (Å²) in [4.78, 5) is 4.19. The second kappa shape index (κ2) is 6.74. The molecule has 1 heterocycles. The molecule has 0 amide bonds. The highest BCUT2D eigenvalue weighted by Gasteiger charge is 2.25. The van der Waals surface area contributed by atoms with E-state index in [9.17, 15) is 0 Å². The van der Waals surface area contributed by atoms with Gasteiger partial charge in [0.05, 0.1) is 6.20 Å². The quantitative estimate of drug-likeness (QED) is 0.869. The van der Waals surface area contributed by atoms with Gasteiger partial charge in [-0.05, 0) is 44.7 Å². The molecule has 0 radical (unpaired) electrons. The fourth-order valence-corrected chi connectivity index (χ4v) is 2.81. The van der Waals surface area contributed by atoms with Crippen LogP contribution in [-0.4, -0.2) is 18.1 Å².